The molecule has 1 aliphatic carbocycles. The topological polar surface area (TPSA) is 10.4 Å². The van der Waals surface area contributed by atoms with Gasteiger partial charge in [-0.05, 0) is 105 Å². The van der Waals surface area contributed by atoms with Crippen molar-refractivity contribution in [2.24, 2.45) is 0 Å². The van der Waals surface area contributed by atoms with Crippen molar-refractivity contribution in [2.75, 3.05) is 16.3 Å². The minimum absolute atomic E-state index is 0. The molecule has 0 spiro atoms. The number of benzene rings is 4. The number of allylic oxidation sites excluding steroid dienone is 5. The predicted octanol–water partition coefficient (Wildman–Crippen LogP) is 8.82. The highest BCUT2D eigenvalue weighted by atomic mass is 79.9. The first-order chi connectivity index (χ1) is 22.5. The molecule has 0 saturated heterocycles. The number of halogens is 3. The SMILES string of the molecule is CCN1C(=CC=C2CCC(C=Cc3sc4ccc(Cl)cc4[n+]3CC)=C2N(c2ccccc2)c2ccccc2)Sc2ccc(Cl)cc21.[Br-]. The molecule has 8 heteroatoms. The third-order valence-corrected chi connectivity index (χ3v) is 11.1. The molecule has 0 amide bonds. The van der Waals surface area contributed by atoms with E-state index in [1.165, 1.54) is 47.7 Å². The lowest BCUT2D eigenvalue weighted by Crippen LogP contribution is -3.00. The number of thioether (sulfide) groups is 1. The summed E-state index contributed by atoms with van der Waals surface area (Å²) in [6, 6.07) is 33.8. The first-order valence-corrected chi connectivity index (χ1v) is 18.0. The van der Waals surface area contributed by atoms with Crippen molar-refractivity contribution in [1.29, 1.82) is 0 Å². The van der Waals surface area contributed by atoms with E-state index in [0.29, 0.717) is 0 Å². The smallest absolute Gasteiger partial charge is 0.262 e. The first kappa shape index (κ1) is 33.6. The zero-order valence-corrected chi connectivity index (χ0v) is 30.9. The second kappa shape index (κ2) is 14.9. The van der Waals surface area contributed by atoms with Gasteiger partial charge in [0, 0.05) is 45.0 Å². The lowest BCUT2D eigenvalue weighted by atomic mass is 10.1. The number of rotatable bonds is 8. The summed E-state index contributed by atoms with van der Waals surface area (Å²) in [5, 5.41) is 3.97. The van der Waals surface area contributed by atoms with Gasteiger partial charge in [-0.25, -0.2) is 0 Å². The average Bonchev–Trinajstić information content (AvgIpc) is 3.75. The van der Waals surface area contributed by atoms with E-state index in [2.05, 4.69) is 137 Å². The lowest BCUT2D eigenvalue weighted by Gasteiger charge is -2.28. The van der Waals surface area contributed by atoms with Crippen LogP contribution in [0.2, 0.25) is 10.0 Å². The predicted molar refractivity (Wildman–Crippen MR) is 200 cm³/mol. The van der Waals surface area contributed by atoms with Gasteiger partial charge in [0.1, 0.15) is 11.2 Å². The van der Waals surface area contributed by atoms with Crippen LogP contribution in [0.25, 0.3) is 16.3 Å². The molecule has 2 aliphatic rings. The second-order valence-corrected chi connectivity index (χ2v) is 14.2. The van der Waals surface area contributed by atoms with Crippen molar-refractivity contribution in [1.82, 2.24) is 0 Å². The van der Waals surface area contributed by atoms with Crippen LogP contribution in [0.1, 0.15) is 31.7 Å². The van der Waals surface area contributed by atoms with E-state index in [9.17, 15) is 0 Å². The van der Waals surface area contributed by atoms with Gasteiger partial charge in [-0.2, -0.15) is 4.57 Å². The van der Waals surface area contributed by atoms with Crippen molar-refractivity contribution >= 4 is 79.7 Å². The fourth-order valence-corrected chi connectivity index (χ4v) is 8.83. The third kappa shape index (κ3) is 6.85. The van der Waals surface area contributed by atoms with Gasteiger partial charge in [-0.1, -0.05) is 88.8 Å². The molecule has 0 atom stereocenters. The standard InChI is InChI=1S/C39H34Cl2N3S2.BrH/c1-3-42-33-25-29(40)19-21-35(33)45-37(42)23-17-27-15-16-28(18-24-38-43(4-2)34-26-30(41)20-22-36(34)46-38)39(27)44(31-11-7-5-8-12-31)32-13-9-6-10-14-32;/h5-14,17-26H,3-4,15-16H2,1-2H3;1H/q+1;/p-1. The van der Waals surface area contributed by atoms with E-state index in [-0.39, 0.29) is 17.0 Å². The van der Waals surface area contributed by atoms with Crippen LogP contribution in [0.15, 0.2) is 142 Å². The Labute approximate surface area is 305 Å². The molecule has 238 valence electrons. The molecule has 0 fully saturated rings. The second-order valence-electron chi connectivity index (χ2n) is 11.2. The summed E-state index contributed by atoms with van der Waals surface area (Å²) >= 11 is 16.4. The number of nitrogens with zero attached hydrogens (tertiary/aromatic N) is 3. The zero-order valence-electron chi connectivity index (χ0n) is 26.2. The Hall–Kier alpha value is -3.26. The Kier molecular flexibility index (Phi) is 10.6. The molecule has 2 heterocycles. The van der Waals surface area contributed by atoms with Crippen molar-refractivity contribution in [2.45, 2.75) is 38.1 Å². The fraction of sp³-hybridized carbons (Fsp3) is 0.154. The number of aryl methyl sites for hydroxylation is 1. The van der Waals surface area contributed by atoms with Crippen molar-refractivity contribution in [3.8, 4) is 0 Å². The van der Waals surface area contributed by atoms with Crippen molar-refractivity contribution in [3.63, 3.8) is 0 Å². The first-order valence-electron chi connectivity index (χ1n) is 15.6. The number of thiazole rings is 1. The molecule has 0 bridgehead atoms. The van der Waals surface area contributed by atoms with Crippen LogP contribution in [0.3, 0.4) is 0 Å². The van der Waals surface area contributed by atoms with Gasteiger partial charge in [0.2, 0.25) is 5.52 Å². The molecule has 0 radical (unpaired) electrons. The monoisotopic (exact) mass is 757 g/mol. The van der Waals surface area contributed by atoms with Gasteiger partial charge < -0.3 is 26.8 Å². The van der Waals surface area contributed by atoms with Crippen molar-refractivity contribution < 1.29 is 21.5 Å². The Morgan fingerprint density at radius 1 is 0.809 bits per heavy atom. The summed E-state index contributed by atoms with van der Waals surface area (Å²) in [4.78, 5) is 6.01. The van der Waals surface area contributed by atoms with E-state index < -0.39 is 0 Å². The Balaban J connectivity index is 0.00000386. The van der Waals surface area contributed by atoms with Gasteiger partial charge in [0.15, 0.2) is 0 Å². The maximum absolute atomic E-state index is 6.39. The summed E-state index contributed by atoms with van der Waals surface area (Å²) < 4.78 is 3.59. The summed E-state index contributed by atoms with van der Waals surface area (Å²) in [6.45, 7) is 6.14. The molecule has 3 nitrogen and oxygen atoms in total. The summed E-state index contributed by atoms with van der Waals surface area (Å²) in [6.07, 6.45) is 11.2. The van der Waals surface area contributed by atoms with Crippen molar-refractivity contribution in [3.05, 3.63) is 152 Å². The van der Waals surface area contributed by atoms with E-state index in [4.69, 9.17) is 23.2 Å². The average molecular weight is 760 g/mol. The van der Waals surface area contributed by atoms with Crippen LogP contribution >= 0.6 is 46.3 Å². The Morgan fingerprint density at radius 2 is 1.49 bits per heavy atom. The van der Waals surface area contributed by atoms with Crippen LogP contribution in [0.5, 0.6) is 0 Å². The number of hydrogen-bond donors (Lipinski definition) is 0. The normalized spacial score (nSPS) is 16.1. The number of fused-ring (bicyclic) bond motifs is 2. The van der Waals surface area contributed by atoms with Crippen LogP contribution in [0, 0.1) is 0 Å². The van der Waals surface area contributed by atoms with E-state index >= 15 is 0 Å². The number of hydrogen-bond acceptors (Lipinski definition) is 4. The van der Waals surface area contributed by atoms with Crippen LogP contribution < -0.4 is 31.3 Å². The minimum Gasteiger partial charge on any atom is -1.00 e. The van der Waals surface area contributed by atoms with Gasteiger partial charge in [-0.15, -0.1) is 0 Å². The largest absolute Gasteiger partial charge is 1.00 e. The molecule has 1 aromatic heterocycles. The Bertz CT molecular complexity index is 1990. The van der Waals surface area contributed by atoms with Gasteiger partial charge in [-0.3, -0.25) is 0 Å². The Morgan fingerprint density at radius 3 is 2.17 bits per heavy atom. The molecule has 7 rings (SSSR count). The van der Waals surface area contributed by atoms with Crippen LogP contribution in [-0.2, 0) is 6.54 Å². The number of para-hydroxylation sites is 2. The zero-order chi connectivity index (χ0) is 31.6. The highest BCUT2D eigenvalue weighted by Crippen LogP contribution is 2.47. The lowest BCUT2D eigenvalue weighted by molar-refractivity contribution is -0.665. The summed E-state index contributed by atoms with van der Waals surface area (Å²) in [5.74, 6) is 0. The molecular weight excluding hydrogens is 725 g/mol. The van der Waals surface area contributed by atoms with E-state index in [1.807, 2.05) is 35.2 Å². The van der Waals surface area contributed by atoms with Gasteiger partial charge >= 0.3 is 0 Å². The maximum Gasteiger partial charge on any atom is 0.262 e. The minimum atomic E-state index is 0. The molecule has 0 unspecified atom stereocenters. The summed E-state index contributed by atoms with van der Waals surface area (Å²) in [5.41, 5.74) is 8.52. The molecule has 5 aromatic rings. The third-order valence-electron chi connectivity index (χ3n) is 8.40. The highest BCUT2D eigenvalue weighted by Gasteiger charge is 2.28. The van der Waals surface area contributed by atoms with Gasteiger partial charge in [0.05, 0.1) is 16.4 Å². The molecule has 0 N–H and O–H groups in total. The molecule has 47 heavy (non-hydrogen) atoms. The molecule has 4 aromatic carbocycles. The highest BCUT2D eigenvalue weighted by molar-refractivity contribution is 8.03. The van der Waals surface area contributed by atoms with E-state index in [1.54, 1.807) is 0 Å². The number of aromatic nitrogens is 1. The molecule has 0 saturated carbocycles. The maximum atomic E-state index is 6.39. The van der Waals surface area contributed by atoms with Gasteiger partial charge in [0.25, 0.3) is 5.01 Å². The molecular formula is C39H34BrCl2N3S2. The van der Waals surface area contributed by atoms with Crippen LogP contribution in [0.4, 0.5) is 17.1 Å². The fourth-order valence-electron chi connectivity index (χ4n) is 6.28. The summed E-state index contributed by atoms with van der Waals surface area (Å²) in [7, 11) is 0. The molecule has 1 aliphatic heterocycles. The van der Waals surface area contributed by atoms with Crippen LogP contribution in [-0.4, -0.2) is 6.54 Å². The van der Waals surface area contributed by atoms with E-state index in [0.717, 1.165) is 47.4 Å². The quantitative estimate of drug-likeness (QED) is 0.147. The number of anilines is 3.